The lowest BCUT2D eigenvalue weighted by atomic mass is 10.4. The second-order valence-electron chi connectivity index (χ2n) is 6.30. The van der Waals surface area contributed by atoms with E-state index in [0.717, 1.165) is 6.07 Å². The molecule has 1 aromatic heterocycles. The van der Waals surface area contributed by atoms with Crippen molar-refractivity contribution in [3.8, 4) is 11.9 Å². The zero-order valence-electron chi connectivity index (χ0n) is 12.4. The molecule has 0 aliphatic rings. The van der Waals surface area contributed by atoms with Crippen LogP contribution in [0.15, 0.2) is 6.07 Å². The molecule has 0 radical (unpaired) electrons. The minimum atomic E-state index is -4.56. The van der Waals surface area contributed by atoms with E-state index in [0.29, 0.717) is 0 Å². The third-order valence-corrected chi connectivity index (χ3v) is 3.40. The predicted molar refractivity (Wildman–Crippen MR) is 75.0 cm³/mol. The van der Waals surface area contributed by atoms with Crippen LogP contribution in [0.3, 0.4) is 0 Å². The maximum Gasteiger partial charge on any atom is 0.433 e. The van der Waals surface area contributed by atoms with E-state index >= 15 is 0 Å². The summed E-state index contributed by atoms with van der Waals surface area (Å²) in [5.74, 6) is -0.0836. The van der Waals surface area contributed by atoms with Gasteiger partial charge in [0.2, 0.25) is 22.5 Å². The standard InChI is InChI=1S/C11H19F3N2O2Si2/c1-19(2,3)17-9-7-8(11(12,13)14)15-10(16-9)18-20(4,5)6/h7H,1-6H3. The maximum absolute atomic E-state index is 12.8. The monoisotopic (exact) mass is 324 g/mol. The number of hydrogen-bond acceptors (Lipinski definition) is 4. The number of aromatic nitrogens is 2. The van der Waals surface area contributed by atoms with Gasteiger partial charge >= 0.3 is 12.2 Å². The summed E-state index contributed by atoms with van der Waals surface area (Å²) < 4.78 is 49.5. The Hall–Kier alpha value is -1.10. The van der Waals surface area contributed by atoms with Gasteiger partial charge in [0.25, 0.3) is 0 Å². The zero-order valence-corrected chi connectivity index (χ0v) is 14.4. The van der Waals surface area contributed by atoms with Gasteiger partial charge in [0, 0.05) is 6.07 Å². The second kappa shape index (κ2) is 5.36. The maximum atomic E-state index is 12.8. The van der Waals surface area contributed by atoms with Gasteiger partial charge in [-0.2, -0.15) is 23.1 Å². The van der Waals surface area contributed by atoms with Crippen molar-refractivity contribution >= 4 is 16.6 Å². The largest absolute Gasteiger partial charge is 0.531 e. The quantitative estimate of drug-likeness (QED) is 0.787. The zero-order chi connectivity index (χ0) is 15.8. The van der Waals surface area contributed by atoms with Crippen molar-refractivity contribution in [2.24, 2.45) is 0 Å². The minimum absolute atomic E-state index is 0.0836. The molecule has 0 aliphatic carbocycles. The second-order valence-corrected chi connectivity index (χ2v) is 15.2. The molecular formula is C11H19F3N2O2Si2. The summed E-state index contributed by atoms with van der Waals surface area (Å²) in [4.78, 5) is 7.36. The van der Waals surface area contributed by atoms with Gasteiger partial charge in [-0.05, 0) is 39.3 Å². The van der Waals surface area contributed by atoms with Crippen LogP contribution < -0.4 is 8.85 Å². The lowest BCUT2D eigenvalue weighted by Crippen LogP contribution is -2.32. The first-order chi connectivity index (χ1) is 8.76. The summed E-state index contributed by atoms with van der Waals surface area (Å²) in [5, 5.41) is 0. The summed E-state index contributed by atoms with van der Waals surface area (Å²) in [6.45, 7) is 11.1. The summed E-state index contributed by atoms with van der Waals surface area (Å²) >= 11 is 0. The molecule has 0 saturated heterocycles. The molecule has 1 heterocycles. The van der Waals surface area contributed by atoms with Crippen LogP contribution in [0.25, 0.3) is 0 Å². The Morgan fingerprint density at radius 2 is 1.40 bits per heavy atom. The Morgan fingerprint density at radius 1 is 0.900 bits per heavy atom. The van der Waals surface area contributed by atoms with Gasteiger partial charge in [-0.3, -0.25) is 0 Å². The minimum Gasteiger partial charge on any atom is -0.531 e. The number of alkyl halides is 3. The van der Waals surface area contributed by atoms with Crippen LogP contribution in [0.4, 0.5) is 13.2 Å². The molecule has 0 aromatic carbocycles. The molecule has 0 spiro atoms. The van der Waals surface area contributed by atoms with Gasteiger partial charge in [0.1, 0.15) is 0 Å². The lowest BCUT2D eigenvalue weighted by molar-refractivity contribution is -0.141. The molecule has 0 saturated carbocycles. The van der Waals surface area contributed by atoms with Crippen LogP contribution in [-0.4, -0.2) is 26.6 Å². The van der Waals surface area contributed by atoms with Gasteiger partial charge in [0.15, 0.2) is 5.69 Å². The SMILES string of the molecule is C[Si](C)(C)Oc1cc(C(F)(F)F)nc(O[Si](C)(C)C)n1. The highest BCUT2D eigenvalue weighted by molar-refractivity contribution is 6.70. The van der Waals surface area contributed by atoms with E-state index in [1.54, 1.807) is 0 Å². The molecule has 1 rings (SSSR count). The number of nitrogens with zero attached hydrogens (tertiary/aromatic N) is 2. The predicted octanol–water partition coefficient (Wildman–Crippen LogP) is 3.92. The topological polar surface area (TPSA) is 44.2 Å². The molecule has 0 atom stereocenters. The molecule has 0 N–H and O–H groups in total. The molecule has 0 fully saturated rings. The van der Waals surface area contributed by atoms with E-state index in [1.807, 2.05) is 39.3 Å². The van der Waals surface area contributed by atoms with Gasteiger partial charge in [0.05, 0.1) is 0 Å². The van der Waals surface area contributed by atoms with E-state index in [2.05, 4.69) is 9.97 Å². The van der Waals surface area contributed by atoms with E-state index < -0.39 is 28.5 Å². The average Bonchev–Trinajstić information content (AvgIpc) is 2.09. The molecule has 0 bridgehead atoms. The highest BCUT2D eigenvalue weighted by Gasteiger charge is 2.35. The van der Waals surface area contributed by atoms with Gasteiger partial charge in [-0.1, -0.05) is 0 Å². The molecule has 0 aliphatic heterocycles. The molecule has 20 heavy (non-hydrogen) atoms. The van der Waals surface area contributed by atoms with E-state index in [1.165, 1.54) is 0 Å². The fourth-order valence-electron chi connectivity index (χ4n) is 1.23. The normalized spacial score (nSPS) is 13.2. The summed E-state index contributed by atoms with van der Waals surface area (Å²) in [6, 6.07) is 0.544. The molecule has 4 nitrogen and oxygen atoms in total. The van der Waals surface area contributed by atoms with Gasteiger partial charge in [-0.25, -0.2) is 0 Å². The first-order valence-electron chi connectivity index (χ1n) is 6.11. The molecule has 1 aromatic rings. The van der Waals surface area contributed by atoms with Gasteiger partial charge < -0.3 is 8.85 Å². The van der Waals surface area contributed by atoms with Crippen molar-refractivity contribution in [2.75, 3.05) is 0 Å². The van der Waals surface area contributed by atoms with Crippen molar-refractivity contribution in [3.63, 3.8) is 0 Å². The van der Waals surface area contributed by atoms with Crippen molar-refractivity contribution in [1.29, 1.82) is 0 Å². The van der Waals surface area contributed by atoms with E-state index in [4.69, 9.17) is 8.85 Å². The number of rotatable bonds is 4. The van der Waals surface area contributed by atoms with Crippen LogP contribution >= 0.6 is 0 Å². The van der Waals surface area contributed by atoms with E-state index in [-0.39, 0.29) is 11.9 Å². The molecule has 114 valence electrons. The Bertz CT molecular complexity index is 448. The van der Waals surface area contributed by atoms with Crippen LogP contribution in [0.2, 0.25) is 39.3 Å². The van der Waals surface area contributed by atoms with Crippen molar-refractivity contribution in [2.45, 2.75) is 45.5 Å². The highest BCUT2D eigenvalue weighted by atomic mass is 28.4. The Labute approximate surface area is 118 Å². The van der Waals surface area contributed by atoms with Crippen molar-refractivity contribution in [1.82, 2.24) is 9.97 Å². The fraction of sp³-hybridized carbons (Fsp3) is 0.636. The van der Waals surface area contributed by atoms with Crippen LogP contribution in [0.1, 0.15) is 5.69 Å². The summed E-state index contributed by atoms with van der Waals surface area (Å²) in [7, 11) is -4.16. The van der Waals surface area contributed by atoms with Crippen LogP contribution in [0.5, 0.6) is 11.9 Å². The molecule has 0 amide bonds. The Morgan fingerprint density at radius 3 is 1.80 bits per heavy atom. The average molecular weight is 324 g/mol. The molecular weight excluding hydrogens is 305 g/mol. The summed E-state index contributed by atoms with van der Waals surface area (Å²) in [5.41, 5.74) is -1.05. The Kier molecular flexibility index (Phi) is 4.54. The fourth-order valence-corrected chi connectivity index (χ4v) is 2.61. The smallest absolute Gasteiger partial charge is 0.433 e. The highest BCUT2D eigenvalue weighted by Crippen LogP contribution is 2.31. The van der Waals surface area contributed by atoms with E-state index in [9.17, 15) is 13.2 Å². The third-order valence-electron chi connectivity index (χ3n) is 1.78. The van der Waals surface area contributed by atoms with Gasteiger partial charge in [-0.15, -0.1) is 0 Å². The number of hydrogen-bond donors (Lipinski definition) is 0. The Balaban J connectivity index is 3.22. The third kappa shape index (κ3) is 5.91. The van der Waals surface area contributed by atoms with Crippen LogP contribution in [-0.2, 0) is 6.18 Å². The van der Waals surface area contributed by atoms with Crippen LogP contribution in [0, 0.1) is 0 Å². The lowest BCUT2D eigenvalue weighted by Gasteiger charge is -2.22. The van der Waals surface area contributed by atoms with Crippen molar-refractivity contribution in [3.05, 3.63) is 11.8 Å². The first-order valence-corrected chi connectivity index (χ1v) is 12.9. The van der Waals surface area contributed by atoms with Crippen molar-refractivity contribution < 1.29 is 22.0 Å². The number of halogens is 3. The summed E-state index contributed by atoms with van der Waals surface area (Å²) in [6.07, 6.45) is -4.56. The molecule has 0 unspecified atom stereocenters. The first kappa shape index (κ1) is 17.0. The molecule has 9 heteroatoms.